The molecule has 6 nitrogen and oxygen atoms in total. The fourth-order valence-electron chi connectivity index (χ4n) is 1.66. The highest BCUT2D eigenvalue weighted by molar-refractivity contribution is 5.89. The molecule has 0 spiro atoms. The second-order valence-electron chi connectivity index (χ2n) is 5.44. The van der Waals surface area contributed by atoms with Crippen molar-refractivity contribution in [1.29, 1.82) is 5.26 Å². The molecule has 118 valence electrons. The lowest BCUT2D eigenvalue weighted by Crippen LogP contribution is -2.50. The van der Waals surface area contributed by atoms with Crippen LogP contribution in [0.2, 0.25) is 0 Å². The summed E-state index contributed by atoms with van der Waals surface area (Å²) in [6, 6.07) is 8.72. The van der Waals surface area contributed by atoms with Crippen molar-refractivity contribution in [2.45, 2.75) is 26.3 Å². The molecule has 0 saturated heterocycles. The normalized spacial score (nSPS) is 12.9. The van der Waals surface area contributed by atoms with E-state index < -0.39 is 11.5 Å². The number of rotatable bonds is 6. The first-order valence-electron chi connectivity index (χ1n) is 6.97. The number of ether oxygens (including phenoxy) is 1. The van der Waals surface area contributed by atoms with E-state index in [1.165, 1.54) is 7.11 Å². The van der Waals surface area contributed by atoms with Crippen LogP contribution in [0.15, 0.2) is 24.3 Å². The minimum absolute atomic E-state index is 0.000731. The van der Waals surface area contributed by atoms with Crippen LogP contribution in [0.5, 0.6) is 0 Å². The molecule has 2 N–H and O–H groups in total. The van der Waals surface area contributed by atoms with Gasteiger partial charge in [0.2, 0.25) is 5.91 Å². The molecule has 0 bridgehead atoms. The first-order chi connectivity index (χ1) is 10.3. The number of anilines is 1. The van der Waals surface area contributed by atoms with Gasteiger partial charge in [-0.3, -0.25) is 4.79 Å². The molecule has 0 radical (unpaired) electrons. The van der Waals surface area contributed by atoms with Crippen molar-refractivity contribution >= 4 is 17.6 Å². The maximum absolute atomic E-state index is 11.9. The van der Waals surface area contributed by atoms with Gasteiger partial charge in [0.15, 0.2) is 0 Å². The van der Waals surface area contributed by atoms with Gasteiger partial charge in [-0.15, -0.1) is 0 Å². The van der Waals surface area contributed by atoms with Crippen LogP contribution in [0.1, 0.15) is 31.1 Å². The topological polar surface area (TPSA) is 91.2 Å². The summed E-state index contributed by atoms with van der Waals surface area (Å²) < 4.78 is 4.61. The van der Waals surface area contributed by atoms with Gasteiger partial charge in [0.25, 0.3) is 0 Å². The van der Waals surface area contributed by atoms with Crippen molar-refractivity contribution in [3.8, 4) is 6.07 Å². The lowest BCUT2D eigenvalue weighted by Gasteiger charge is -2.27. The van der Waals surface area contributed by atoms with E-state index in [2.05, 4.69) is 21.4 Å². The summed E-state index contributed by atoms with van der Waals surface area (Å²) in [7, 11) is 1.32. The number of carbonyl (C=O) groups excluding carboxylic acids is 2. The maximum Gasteiger partial charge on any atom is 0.337 e. The number of nitrogens with one attached hydrogen (secondary N) is 2. The highest BCUT2D eigenvalue weighted by Crippen LogP contribution is 2.15. The zero-order valence-corrected chi connectivity index (χ0v) is 13.3. The average Bonchev–Trinajstić information content (AvgIpc) is 2.52. The Labute approximate surface area is 130 Å². The molecular formula is C16H21N3O3. The second kappa shape index (κ2) is 7.46. The van der Waals surface area contributed by atoms with Crippen LogP contribution in [0.25, 0.3) is 0 Å². The molecule has 1 atom stereocenters. The average molecular weight is 303 g/mol. The molecule has 0 saturated carbocycles. The van der Waals surface area contributed by atoms with Gasteiger partial charge in [0.1, 0.15) is 5.54 Å². The summed E-state index contributed by atoms with van der Waals surface area (Å²) in [6.45, 7) is 5.49. The molecule has 6 heteroatoms. The van der Waals surface area contributed by atoms with Crippen molar-refractivity contribution in [2.75, 3.05) is 19.0 Å². The van der Waals surface area contributed by atoms with Crippen LogP contribution >= 0.6 is 0 Å². The summed E-state index contributed by atoms with van der Waals surface area (Å²) in [5.41, 5.74) is 0.244. The predicted molar refractivity (Wildman–Crippen MR) is 83.3 cm³/mol. The van der Waals surface area contributed by atoms with Crippen LogP contribution in [0, 0.1) is 17.2 Å². The fraction of sp³-hybridized carbons (Fsp3) is 0.438. The van der Waals surface area contributed by atoms with Crippen molar-refractivity contribution in [3.05, 3.63) is 29.8 Å². The van der Waals surface area contributed by atoms with Crippen molar-refractivity contribution in [3.63, 3.8) is 0 Å². The van der Waals surface area contributed by atoms with Crippen molar-refractivity contribution in [2.24, 2.45) is 5.92 Å². The number of hydrogen-bond acceptors (Lipinski definition) is 5. The third-order valence-electron chi connectivity index (χ3n) is 3.55. The van der Waals surface area contributed by atoms with Crippen LogP contribution in [0.3, 0.4) is 0 Å². The lowest BCUT2D eigenvalue weighted by molar-refractivity contribution is -0.121. The van der Waals surface area contributed by atoms with Crippen molar-refractivity contribution < 1.29 is 14.3 Å². The summed E-state index contributed by atoms with van der Waals surface area (Å²) >= 11 is 0. The van der Waals surface area contributed by atoms with E-state index in [4.69, 9.17) is 5.26 Å². The Balaban J connectivity index is 2.58. The molecule has 1 unspecified atom stereocenters. The Morgan fingerprint density at radius 2 is 1.91 bits per heavy atom. The molecule has 1 amide bonds. The van der Waals surface area contributed by atoms with Gasteiger partial charge in [-0.05, 0) is 37.1 Å². The van der Waals surface area contributed by atoms with E-state index >= 15 is 0 Å². The Kier molecular flexibility index (Phi) is 5.93. The minimum atomic E-state index is -0.895. The highest BCUT2D eigenvalue weighted by Gasteiger charge is 2.29. The number of nitrogens with zero attached hydrogens (tertiary/aromatic N) is 1. The minimum Gasteiger partial charge on any atom is -0.465 e. The van der Waals surface area contributed by atoms with E-state index in [0.717, 1.165) is 0 Å². The largest absolute Gasteiger partial charge is 0.465 e. The monoisotopic (exact) mass is 303 g/mol. The van der Waals surface area contributed by atoms with Gasteiger partial charge in [-0.2, -0.15) is 5.26 Å². The fourth-order valence-corrected chi connectivity index (χ4v) is 1.66. The first-order valence-corrected chi connectivity index (χ1v) is 6.97. The highest BCUT2D eigenvalue weighted by atomic mass is 16.5. The summed E-state index contributed by atoms with van der Waals surface area (Å²) in [6.07, 6.45) is 0. The lowest BCUT2D eigenvalue weighted by atomic mass is 9.90. The maximum atomic E-state index is 11.9. The van der Waals surface area contributed by atoms with E-state index in [0.29, 0.717) is 11.3 Å². The van der Waals surface area contributed by atoms with E-state index in [-0.39, 0.29) is 18.4 Å². The summed E-state index contributed by atoms with van der Waals surface area (Å²) in [5, 5.41) is 14.8. The standard InChI is InChI=1S/C16H21N3O3/c1-11(2)16(3,10-17)19-14(20)9-18-13-7-5-12(6-8-13)15(21)22-4/h5-8,11,18H,9H2,1-4H3,(H,19,20). The number of methoxy groups -OCH3 is 1. The molecule has 0 aliphatic carbocycles. The molecular weight excluding hydrogens is 282 g/mol. The van der Waals surface area contributed by atoms with Crippen LogP contribution in [0.4, 0.5) is 5.69 Å². The zero-order valence-electron chi connectivity index (χ0n) is 13.3. The van der Waals surface area contributed by atoms with Gasteiger partial charge in [-0.1, -0.05) is 13.8 Å². The number of amides is 1. The van der Waals surface area contributed by atoms with E-state index in [1.807, 2.05) is 13.8 Å². The van der Waals surface area contributed by atoms with Crippen LogP contribution < -0.4 is 10.6 Å². The number of benzene rings is 1. The van der Waals surface area contributed by atoms with Gasteiger partial charge in [0.05, 0.1) is 25.3 Å². The number of hydrogen-bond donors (Lipinski definition) is 2. The van der Waals surface area contributed by atoms with Gasteiger partial charge in [-0.25, -0.2) is 4.79 Å². The molecule has 1 rings (SSSR count). The molecule has 0 aliphatic rings. The molecule has 1 aromatic carbocycles. The van der Waals surface area contributed by atoms with E-state index in [9.17, 15) is 9.59 Å². The predicted octanol–water partition coefficient (Wildman–Crippen LogP) is 1.94. The van der Waals surface area contributed by atoms with Crippen molar-refractivity contribution in [1.82, 2.24) is 5.32 Å². The SMILES string of the molecule is COC(=O)c1ccc(NCC(=O)NC(C)(C#N)C(C)C)cc1. The molecule has 22 heavy (non-hydrogen) atoms. The molecule has 0 aliphatic heterocycles. The quantitative estimate of drug-likeness (QED) is 0.784. The van der Waals surface area contributed by atoms with Crippen LogP contribution in [-0.4, -0.2) is 31.1 Å². The Morgan fingerprint density at radius 1 is 1.32 bits per heavy atom. The molecule has 1 aromatic rings. The number of esters is 1. The number of nitriles is 1. The summed E-state index contributed by atoms with van der Waals surface area (Å²) in [4.78, 5) is 23.2. The van der Waals surface area contributed by atoms with Gasteiger partial charge >= 0.3 is 5.97 Å². The number of carbonyl (C=O) groups is 2. The van der Waals surface area contributed by atoms with Gasteiger partial charge in [0, 0.05) is 5.69 Å². The van der Waals surface area contributed by atoms with E-state index in [1.54, 1.807) is 31.2 Å². The first kappa shape index (κ1) is 17.5. The summed E-state index contributed by atoms with van der Waals surface area (Å²) in [5.74, 6) is -0.679. The molecule has 0 aromatic heterocycles. The molecule has 0 heterocycles. The third kappa shape index (κ3) is 4.48. The zero-order chi connectivity index (χ0) is 16.8. The second-order valence-corrected chi connectivity index (χ2v) is 5.44. The van der Waals surface area contributed by atoms with Gasteiger partial charge < -0.3 is 15.4 Å². The Morgan fingerprint density at radius 3 is 2.36 bits per heavy atom. The molecule has 0 fully saturated rings. The Bertz CT molecular complexity index is 575. The third-order valence-corrected chi connectivity index (χ3v) is 3.55. The van der Waals surface area contributed by atoms with Crippen LogP contribution in [-0.2, 0) is 9.53 Å². The Hall–Kier alpha value is -2.55. The smallest absolute Gasteiger partial charge is 0.337 e.